The first-order valence-corrected chi connectivity index (χ1v) is 11.0. The molecule has 2 fully saturated rings. The summed E-state index contributed by atoms with van der Waals surface area (Å²) in [6.07, 6.45) is 1.77. The van der Waals surface area contributed by atoms with E-state index in [1.807, 2.05) is 36.4 Å². The summed E-state index contributed by atoms with van der Waals surface area (Å²) in [5, 5.41) is 10.7. The van der Waals surface area contributed by atoms with Crippen LogP contribution in [0.5, 0.6) is 0 Å². The van der Waals surface area contributed by atoms with Crippen LogP contribution >= 0.6 is 11.8 Å². The van der Waals surface area contributed by atoms with Crippen LogP contribution in [0.25, 0.3) is 10.9 Å². The number of aromatic amines is 1. The maximum Gasteiger partial charge on any atom is 0.353 e. The van der Waals surface area contributed by atoms with Crippen molar-refractivity contribution in [3.05, 3.63) is 59.8 Å². The maximum absolute atomic E-state index is 11.8. The van der Waals surface area contributed by atoms with Crippen LogP contribution in [0.2, 0.25) is 0 Å². The second kappa shape index (κ2) is 8.07. The highest BCUT2D eigenvalue weighted by Crippen LogP contribution is 2.37. The van der Waals surface area contributed by atoms with Gasteiger partial charge in [-0.05, 0) is 29.8 Å². The molecule has 3 heterocycles. The molecule has 0 amide bonds. The van der Waals surface area contributed by atoms with E-state index in [2.05, 4.69) is 22.0 Å². The Kier molecular flexibility index (Phi) is 5.28. The molecule has 2 aliphatic rings. The minimum Gasteiger partial charge on any atom is -0.477 e. The van der Waals surface area contributed by atoms with E-state index in [4.69, 9.17) is 9.47 Å². The van der Waals surface area contributed by atoms with Crippen molar-refractivity contribution in [1.29, 1.82) is 0 Å². The summed E-state index contributed by atoms with van der Waals surface area (Å²) in [6, 6.07) is 16.1. The number of aromatic nitrogens is 1. The normalized spacial score (nSPS) is 18.9. The topological polar surface area (TPSA) is 74.8 Å². The molecule has 0 aliphatic carbocycles. The number of hydrogen-bond acceptors (Lipinski definition) is 5. The van der Waals surface area contributed by atoms with Gasteiger partial charge in [-0.15, -0.1) is 0 Å². The summed E-state index contributed by atoms with van der Waals surface area (Å²) in [6.45, 7) is 4.07. The van der Waals surface area contributed by atoms with Crippen LogP contribution < -0.4 is 0 Å². The van der Waals surface area contributed by atoms with E-state index >= 15 is 0 Å². The number of aromatic carboxylic acids is 1. The Morgan fingerprint density at radius 2 is 1.83 bits per heavy atom. The van der Waals surface area contributed by atoms with Gasteiger partial charge < -0.3 is 19.6 Å². The fourth-order valence-electron chi connectivity index (χ4n) is 4.27. The van der Waals surface area contributed by atoms with E-state index < -0.39 is 5.97 Å². The predicted octanol–water partition coefficient (Wildman–Crippen LogP) is 4.36. The van der Waals surface area contributed by atoms with E-state index in [-0.39, 0.29) is 11.5 Å². The first-order valence-electron chi connectivity index (χ1n) is 10.2. The Bertz CT molecular complexity index is 1050. The average molecular weight is 425 g/mol. The SMILES string of the molecule is O=C(O)c1[nH]c2ccc(CN3CCC4(CC3)OCCO4)cc2c1Sc1ccccc1. The van der Waals surface area contributed by atoms with Crippen LogP contribution in [-0.4, -0.2) is 53.1 Å². The van der Waals surface area contributed by atoms with E-state index in [0.29, 0.717) is 13.2 Å². The van der Waals surface area contributed by atoms with Gasteiger partial charge in [-0.2, -0.15) is 0 Å². The van der Waals surface area contributed by atoms with E-state index in [0.717, 1.165) is 53.2 Å². The van der Waals surface area contributed by atoms with E-state index in [1.54, 1.807) is 0 Å². The number of piperidine rings is 1. The van der Waals surface area contributed by atoms with Gasteiger partial charge in [0.2, 0.25) is 0 Å². The van der Waals surface area contributed by atoms with Crippen LogP contribution in [0.4, 0.5) is 0 Å². The summed E-state index contributed by atoms with van der Waals surface area (Å²) in [7, 11) is 0. The molecule has 1 aromatic heterocycles. The number of fused-ring (bicyclic) bond motifs is 1. The lowest BCUT2D eigenvalue weighted by molar-refractivity contribution is -0.185. The molecule has 0 atom stereocenters. The molecule has 0 unspecified atom stereocenters. The standard InChI is InChI=1S/C23H24N2O4S/c26-22(27)20-21(30-17-4-2-1-3-5-17)18-14-16(6-7-19(18)24-20)15-25-10-8-23(9-11-25)28-12-13-29-23/h1-7,14,24H,8-13,15H2,(H,26,27). The molecule has 2 saturated heterocycles. The first kappa shape index (κ1) is 19.6. The Hall–Kier alpha value is -2.32. The highest BCUT2D eigenvalue weighted by Gasteiger charge is 2.39. The molecule has 2 N–H and O–H groups in total. The van der Waals surface area contributed by atoms with Crippen molar-refractivity contribution >= 4 is 28.6 Å². The molecule has 2 aliphatic heterocycles. The van der Waals surface area contributed by atoms with Crippen molar-refractivity contribution in [2.24, 2.45) is 0 Å². The molecule has 6 nitrogen and oxygen atoms in total. The number of rotatable bonds is 5. The Labute approximate surface area is 179 Å². The molecule has 2 aromatic carbocycles. The average Bonchev–Trinajstić information content (AvgIpc) is 3.36. The number of carboxylic acid groups (broad SMARTS) is 1. The Morgan fingerprint density at radius 3 is 2.53 bits per heavy atom. The van der Waals surface area contributed by atoms with Crippen LogP contribution in [0.1, 0.15) is 28.9 Å². The predicted molar refractivity (Wildman–Crippen MR) is 115 cm³/mol. The van der Waals surface area contributed by atoms with Gasteiger partial charge in [0.15, 0.2) is 5.79 Å². The van der Waals surface area contributed by atoms with Gasteiger partial charge in [0.1, 0.15) is 5.69 Å². The number of H-pyrrole nitrogens is 1. The van der Waals surface area contributed by atoms with Crippen molar-refractivity contribution in [3.8, 4) is 0 Å². The van der Waals surface area contributed by atoms with Gasteiger partial charge >= 0.3 is 5.97 Å². The fourth-order valence-corrected chi connectivity index (χ4v) is 5.32. The van der Waals surface area contributed by atoms with Gasteiger partial charge in [0, 0.05) is 48.3 Å². The van der Waals surface area contributed by atoms with Crippen molar-refractivity contribution in [2.45, 2.75) is 35.0 Å². The number of nitrogens with zero attached hydrogens (tertiary/aromatic N) is 1. The largest absolute Gasteiger partial charge is 0.477 e. The fraction of sp³-hybridized carbons (Fsp3) is 0.348. The van der Waals surface area contributed by atoms with Crippen molar-refractivity contribution in [2.75, 3.05) is 26.3 Å². The molecule has 156 valence electrons. The highest BCUT2D eigenvalue weighted by molar-refractivity contribution is 7.99. The van der Waals surface area contributed by atoms with Crippen LogP contribution in [0, 0.1) is 0 Å². The Balaban J connectivity index is 1.39. The van der Waals surface area contributed by atoms with Crippen molar-refractivity contribution in [1.82, 2.24) is 9.88 Å². The number of likely N-dealkylation sites (tertiary alicyclic amines) is 1. The first-order chi connectivity index (χ1) is 14.6. The number of carboxylic acids is 1. The smallest absolute Gasteiger partial charge is 0.353 e. The molecule has 3 aromatic rings. The lowest BCUT2D eigenvalue weighted by Gasteiger charge is -2.37. The van der Waals surface area contributed by atoms with Crippen molar-refractivity contribution in [3.63, 3.8) is 0 Å². The zero-order valence-corrected chi connectivity index (χ0v) is 17.4. The molecule has 30 heavy (non-hydrogen) atoms. The van der Waals surface area contributed by atoms with E-state index in [9.17, 15) is 9.90 Å². The van der Waals surface area contributed by atoms with Gasteiger partial charge in [-0.25, -0.2) is 4.79 Å². The zero-order valence-electron chi connectivity index (χ0n) is 16.6. The monoisotopic (exact) mass is 424 g/mol. The van der Waals surface area contributed by atoms with E-state index in [1.165, 1.54) is 17.3 Å². The second-order valence-electron chi connectivity index (χ2n) is 7.81. The minimum atomic E-state index is -0.941. The number of ether oxygens (including phenoxy) is 2. The molecular formula is C23H24N2O4S. The third-order valence-corrected chi connectivity index (χ3v) is 6.97. The van der Waals surface area contributed by atoms with Gasteiger partial charge in [0.05, 0.1) is 18.1 Å². The number of benzene rings is 2. The maximum atomic E-state index is 11.8. The number of carbonyl (C=O) groups is 1. The third-order valence-electron chi connectivity index (χ3n) is 5.83. The number of hydrogen-bond donors (Lipinski definition) is 2. The second-order valence-corrected chi connectivity index (χ2v) is 8.90. The highest BCUT2D eigenvalue weighted by atomic mass is 32.2. The molecule has 0 bridgehead atoms. The van der Waals surface area contributed by atoms with Crippen molar-refractivity contribution < 1.29 is 19.4 Å². The molecule has 0 radical (unpaired) electrons. The summed E-state index contributed by atoms with van der Waals surface area (Å²) in [4.78, 5) is 19.1. The zero-order chi connectivity index (χ0) is 20.6. The summed E-state index contributed by atoms with van der Waals surface area (Å²) >= 11 is 1.49. The quantitative estimate of drug-likeness (QED) is 0.634. The molecule has 1 spiro atoms. The lowest BCUT2D eigenvalue weighted by atomic mass is 10.0. The molecule has 5 rings (SSSR count). The molecule has 7 heteroatoms. The van der Waals surface area contributed by atoms with Gasteiger partial charge in [-0.3, -0.25) is 4.90 Å². The summed E-state index contributed by atoms with van der Waals surface area (Å²) < 4.78 is 11.6. The molecule has 0 saturated carbocycles. The van der Waals surface area contributed by atoms with Crippen LogP contribution in [-0.2, 0) is 16.0 Å². The Morgan fingerprint density at radius 1 is 1.10 bits per heavy atom. The van der Waals surface area contributed by atoms with Crippen LogP contribution in [0.15, 0.2) is 58.3 Å². The summed E-state index contributed by atoms with van der Waals surface area (Å²) in [5.74, 6) is -1.30. The van der Waals surface area contributed by atoms with Gasteiger partial charge in [-0.1, -0.05) is 36.0 Å². The lowest BCUT2D eigenvalue weighted by Crippen LogP contribution is -2.44. The van der Waals surface area contributed by atoms with Gasteiger partial charge in [0.25, 0.3) is 0 Å². The minimum absolute atomic E-state index is 0.242. The summed E-state index contributed by atoms with van der Waals surface area (Å²) in [5.41, 5.74) is 2.27. The van der Waals surface area contributed by atoms with Crippen LogP contribution in [0.3, 0.4) is 0 Å². The molecular weight excluding hydrogens is 400 g/mol. The third kappa shape index (κ3) is 3.86. The number of nitrogens with one attached hydrogen (secondary N) is 1.